The number of nitrogens with one attached hydrogen (secondary N) is 1. The number of aromatic nitrogens is 4. The van der Waals surface area contributed by atoms with Gasteiger partial charge in [-0.15, -0.1) is 5.10 Å². The van der Waals surface area contributed by atoms with Crippen LogP contribution in [0.4, 0.5) is 0 Å². The van der Waals surface area contributed by atoms with Gasteiger partial charge in [-0.2, -0.15) is 4.68 Å². The fourth-order valence-electron chi connectivity index (χ4n) is 2.19. The summed E-state index contributed by atoms with van der Waals surface area (Å²) in [6, 6.07) is 8.26. The minimum atomic E-state index is 0.423. The van der Waals surface area contributed by atoms with Crippen LogP contribution in [0.1, 0.15) is 23.7 Å². The van der Waals surface area contributed by atoms with Crippen molar-refractivity contribution in [2.24, 2.45) is 0 Å². The Morgan fingerprint density at radius 3 is 2.82 bits per heavy atom. The predicted octanol–water partition coefficient (Wildman–Crippen LogP) is 1.05. The molecule has 1 fully saturated rings. The van der Waals surface area contributed by atoms with Gasteiger partial charge in [-0.05, 0) is 42.4 Å². The van der Waals surface area contributed by atoms with Crippen LogP contribution >= 0.6 is 0 Å². The van der Waals surface area contributed by atoms with Crippen molar-refractivity contribution in [1.82, 2.24) is 25.5 Å². The number of benzene rings is 1. The molecule has 1 aromatic heterocycles. The second kappa shape index (κ2) is 4.25. The molecule has 0 bridgehead atoms. The molecule has 0 saturated carbocycles. The molecule has 0 amide bonds. The smallest absolute Gasteiger partial charge is 0.161 e. The third-order valence-electron chi connectivity index (χ3n) is 3.20. The fraction of sp³-hybridized carbons (Fsp3) is 0.417. The lowest BCUT2D eigenvalue weighted by molar-refractivity contribution is 0.663. The number of aryl methyl sites for hydroxylation is 1. The zero-order valence-corrected chi connectivity index (χ0v) is 9.80. The molecule has 1 aliphatic rings. The highest BCUT2D eigenvalue weighted by atomic mass is 15.5. The number of hydrogen-bond acceptors (Lipinski definition) is 4. The molecule has 1 aromatic carbocycles. The molecule has 1 aliphatic heterocycles. The van der Waals surface area contributed by atoms with E-state index in [0.717, 1.165) is 31.0 Å². The summed E-state index contributed by atoms with van der Waals surface area (Å²) in [5.74, 6) is 1.38. The summed E-state index contributed by atoms with van der Waals surface area (Å²) < 4.78 is 1.84. The maximum atomic E-state index is 4.16. The maximum absolute atomic E-state index is 4.16. The SMILES string of the molecule is Cc1ccc(-n2nnnc2C2CCNC2)cc1. The van der Waals surface area contributed by atoms with E-state index in [1.807, 2.05) is 4.68 Å². The average molecular weight is 229 g/mol. The van der Waals surface area contributed by atoms with Gasteiger partial charge in [0.05, 0.1) is 5.69 Å². The van der Waals surface area contributed by atoms with Gasteiger partial charge in [0, 0.05) is 12.5 Å². The zero-order valence-electron chi connectivity index (χ0n) is 9.80. The van der Waals surface area contributed by atoms with E-state index in [-0.39, 0.29) is 0 Å². The van der Waals surface area contributed by atoms with Crippen LogP contribution in [0, 0.1) is 6.92 Å². The first kappa shape index (κ1) is 10.4. The molecular weight excluding hydrogens is 214 g/mol. The largest absolute Gasteiger partial charge is 0.316 e. The first-order valence-corrected chi connectivity index (χ1v) is 5.90. The molecule has 3 rings (SSSR count). The van der Waals surface area contributed by atoms with Crippen LogP contribution in [-0.2, 0) is 0 Å². The molecule has 0 aliphatic carbocycles. The van der Waals surface area contributed by atoms with Crippen LogP contribution in [-0.4, -0.2) is 33.3 Å². The molecule has 1 unspecified atom stereocenters. The Hall–Kier alpha value is -1.75. The van der Waals surface area contributed by atoms with Gasteiger partial charge in [-0.1, -0.05) is 17.7 Å². The van der Waals surface area contributed by atoms with Crippen LogP contribution in [0.2, 0.25) is 0 Å². The highest BCUT2D eigenvalue weighted by Crippen LogP contribution is 2.21. The molecule has 1 saturated heterocycles. The molecule has 0 spiro atoms. The van der Waals surface area contributed by atoms with Crippen LogP contribution in [0.3, 0.4) is 0 Å². The topological polar surface area (TPSA) is 55.6 Å². The van der Waals surface area contributed by atoms with E-state index < -0.39 is 0 Å². The van der Waals surface area contributed by atoms with E-state index in [1.54, 1.807) is 0 Å². The van der Waals surface area contributed by atoms with Gasteiger partial charge >= 0.3 is 0 Å². The molecule has 88 valence electrons. The van der Waals surface area contributed by atoms with Crippen molar-refractivity contribution in [1.29, 1.82) is 0 Å². The van der Waals surface area contributed by atoms with Gasteiger partial charge in [0.25, 0.3) is 0 Å². The maximum Gasteiger partial charge on any atom is 0.161 e. The number of rotatable bonds is 2. The van der Waals surface area contributed by atoms with E-state index in [4.69, 9.17) is 0 Å². The molecule has 17 heavy (non-hydrogen) atoms. The van der Waals surface area contributed by atoms with Crippen molar-refractivity contribution in [3.05, 3.63) is 35.7 Å². The Balaban J connectivity index is 1.97. The summed E-state index contributed by atoms with van der Waals surface area (Å²) in [7, 11) is 0. The summed E-state index contributed by atoms with van der Waals surface area (Å²) in [5.41, 5.74) is 2.27. The van der Waals surface area contributed by atoms with Crippen molar-refractivity contribution < 1.29 is 0 Å². The van der Waals surface area contributed by atoms with Crippen molar-refractivity contribution in [3.8, 4) is 5.69 Å². The molecule has 0 radical (unpaired) electrons. The quantitative estimate of drug-likeness (QED) is 0.836. The number of tetrazole rings is 1. The Morgan fingerprint density at radius 1 is 1.29 bits per heavy atom. The lowest BCUT2D eigenvalue weighted by Gasteiger charge is -2.08. The lowest BCUT2D eigenvalue weighted by atomic mass is 10.1. The van der Waals surface area contributed by atoms with Gasteiger partial charge in [-0.25, -0.2) is 0 Å². The first-order valence-electron chi connectivity index (χ1n) is 5.90. The molecule has 2 aromatic rings. The second-order valence-electron chi connectivity index (χ2n) is 4.47. The number of nitrogens with zero attached hydrogens (tertiary/aromatic N) is 4. The molecular formula is C12H15N5. The van der Waals surface area contributed by atoms with E-state index in [2.05, 4.69) is 52.0 Å². The minimum Gasteiger partial charge on any atom is -0.316 e. The van der Waals surface area contributed by atoms with Crippen LogP contribution < -0.4 is 5.32 Å². The van der Waals surface area contributed by atoms with E-state index >= 15 is 0 Å². The standard InChI is InChI=1S/C12H15N5/c1-9-2-4-11(5-3-9)17-12(14-15-16-17)10-6-7-13-8-10/h2-5,10,13H,6-8H2,1H3. The van der Waals surface area contributed by atoms with Crippen LogP contribution in [0.5, 0.6) is 0 Å². The van der Waals surface area contributed by atoms with Gasteiger partial charge in [0.1, 0.15) is 0 Å². The minimum absolute atomic E-state index is 0.423. The van der Waals surface area contributed by atoms with Crippen LogP contribution in [0.25, 0.3) is 5.69 Å². The Bertz CT molecular complexity index is 496. The van der Waals surface area contributed by atoms with Crippen molar-refractivity contribution in [2.45, 2.75) is 19.3 Å². The second-order valence-corrected chi connectivity index (χ2v) is 4.47. The van der Waals surface area contributed by atoms with Gasteiger partial charge in [0.2, 0.25) is 0 Å². The normalized spacial score (nSPS) is 19.7. The first-order chi connectivity index (χ1) is 8.34. The van der Waals surface area contributed by atoms with E-state index in [9.17, 15) is 0 Å². The Morgan fingerprint density at radius 2 is 2.12 bits per heavy atom. The fourth-order valence-corrected chi connectivity index (χ4v) is 2.19. The summed E-state index contributed by atoms with van der Waals surface area (Å²) >= 11 is 0. The molecule has 5 heteroatoms. The third kappa shape index (κ3) is 1.93. The van der Waals surface area contributed by atoms with Crippen LogP contribution in [0.15, 0.2) is 24.3 Å². The summed E-state index contributed by atoms with van der Waals surface area (Å²) in [4.78, 5) is 0. The monoisotopic (exact) mass is 229 g/mol. The third-order valence-corrected chi connectivity index (χ3v) is 3.20. The van der Waals surface area contributed by atoms with Gasteiger partial charge in [0.15, 0.2) is 5.82 Å². The molecule has 5 nitrogen and oxygen atoms in total. The van der Waals surface area contributed by atoms with Gasteiger partial charge in [-0.3, -0.25) is 0 Å². The summed E-state index contributed by atoms with van der Waals surface area (Å²) in [6.45, 7) is 4.09. The predicted molar refractivity (Wildman–Crippen MR) is 64.1 cm³/mol. The molecule has 2 heterocycles. The average Bonchev–Trinajstić information content (AvgIpc) is 3.00. The Labute approximate surface area is 99.8 Å². The summed E-state index contributed by atoms with van der Waals surface area (Å²) in [5, 5.41) is 15.4. The highest BCUT2D eigenvalue weighted by molar-refractivity contribution is 5.34. The van der Waals surface area contributed by atoms with Crippen molar-refractivity contribution in [2.75, 3.05) is 13.1 Å². The lowest BCUT2D eigenvalue weighted by Crippen LogP contribution is -2.12. The van der Waals surface area contributed by atoms with E-state index in [1.165, 1.54) is 5.56 Å². The van der Waals surface area contributed by atoms with Crippen molar-refractivity contribution in [3.63, 3.8) is 0 Å². The highest BCUT2D eigenvalue weighted by Gasteiger charge is 2.23. The Kier molecular flexibility index (Phi) is 2.60. The molecule has 1 atom stereocenters. The zero-order chi connectivity index (χ0) is 11.7. The van der Waals surface area contributed by atoms with Crippen molar-refractivity contribution >= 4 is 0 Å². The number of hydrogen-bond donors (Lipinski definition) is 1. The van der Waals surface area contributed by atoms with Gasteiger partial charge < -0.3 is 5.32 Å². The summed E-state index contributed by atoms with van der Waals surface area (Å²) in [6.07, 6.45) is 1.10. The molecule has 1 N–H and O–H groups in total. The van der Waals surface area contributed by atoms with E-state index in [0.29, 0.717) is 5.92 Å².